The number of hydrogen-bond acceptors (Lipinski definition) is 8. The fraction of sp³-hybridized carbons (Fsp3) is 0.471. The molecule has 2 saturated heterocycles. The molecule has 3 aromatic carbocycles. The van der Waals surface area contributed by atoms with Crippen molar-refractivity contribution in [1.29, 1.82) is 0 Å². The average Bonchev–Trinajstić information content (AvgIpc) is 3.02. The first-order valence-corrected chi connectivity index (χ1v) is 18.2. The van der Waals surface area contributed by atoms with Crippen molar-refractivity contribution in [3.63, 3.8) is 0 Å². The molecule has 0 amide bonds. The number of rotatable bonds is 11. The van der Waals surface area contributed by atoms with E-state index in [1.54, 1.807) is 0 Å². The summed E-state index contributed by atoms with van der Waals surface area (Å²) < 4.78 is 53.6. The van der Waals surface area contributed by atoms with Gasteiger partial charge in [0.15, 0.2) is 27.3 Å². The van der Waals surface area contributed by atoms with Crippen LogP contribution in [0.3, 0.4) is 0 Å². The molecule has 44 heavy (non-hydrogen) atoms. The third kappa shape index (κ3) is 11.0. The van der Waals surface area contributed by atoms with Gasteiger partial charge in [0.2, 0.25) is 0 Å². The molecule has 0 radical (unpaired) electrons. The summed E-state index contributed by atoms with van der Waals surface area (Å²) in [5, 5.41) is 0. The second-order valence-corrected chi connectivity index (χ2v) is 14.6. The van der Waals surface area contributed by atoms with Crippen molar-refractivity contribution < 1.29 is 31.9 Å². The van der Waals surface area contributed by atoms with E-state index in [9.17, 15) is 13.0 Å². The van der Waals surface area contributed by atoms with Gasteiger partial charge in [0.1, 0.15) is 11.5 Å². The Balaban J connectivity index is 0.000000488. The minimum absolute atomic E-state index is 0.167. The molecule has 240 valence electrons. The van der Waals surface area contributed by atoms with Crippen molar-refractivity contribution >= 4 is 26.7 Å². The highest BCUT2D eigenvalue weighted by Gasteiger charge is 2.31. The van der Waals surface area contributed by atoms with Crippen LogP contribution in [0.15, 0.2) is 87.5 Å². The number of benzene rings is 3. The lowest BCUT2D eigenvalue weighted by Gasteiger charge is -2.24. The molecule has 2 unspecified atom stereocenters. The van der Waals surface area contributed by atoms with E-state index in [1.165, 1.54) is 20.4 Å². The molecule has 0 N–H and O–H groups in total. The normalized spacial score (nSPS) is 19.3. The van der Waals surface area contributed by atoms with E-state index >= 15 is 0 Å². The molecule has 8 nitrogen and oxygen atoms in total. The lowest BCUT2D eigenvalue weighted by Crippen LogP contribution is -2.25. The lowest BCUT2D eigenvalue weighted by atomic mass is 10.2. The van der Waals surface area contributed by atoms with Gasteiger partial charge < -0.3 is 28.4 Å². The highest BCUT2D eigenvalue weighted by Crippen LogP contribution is 2.36. The summed E-state index contributed by atoms with van der Waals surface area (Å²) in [6, 6.07) is 25.7. The summed E-state index contributed by atoms with van der Waals surface area (Å²) in [4.78, 5) is 5.79. The molecule has 0 aromatic heterocycles. The molecular formula is C34H45NO7S2. The van der Waals surface area contributed by atoms with Crippen LogP contribution in [0.25, 0.3) is 0 Å². The zero-order valence-corrected chi connectivity index (χ0v) is 27.6. The predicted molar refractivity (Wildman–Crippen MR) is 174 cm³/mol. The van der Waals surface area contributed by atoms with Gasteiger partial charge in [-0.15, -0.1) is 0 Å². The molecule has 3 aromatic rings. The first-order valence-electron chi connectivity index (χ1n) is 15.4. The van der Waals surface area contributed by atoms with Crippen LogP contribution in [0.5, 0.6) is 11.5 Å². The van der Waals surface area contributed by atoms with Gasteiger partial charge in [0.05, 0.1) is 34.2 Å². The van der Waals surface area contributed by atoms with Crippen LogP contribution in [0.1, 0.15) is 58.3 Å². The molecule has 2 fully saturated rings. The van der Waals surface area contributed by atoms with Gasteiger partial charge in [-0.1, -0.05) is 31.5 Å². The molecule has 0 spiro atoms. The topological polar surface area (TPSA) is 97.4 Å². The standard InChI is InChI=1S/C30H36NO4S.C4H10O3S/c1-31(2)23-10-7-13-26(20-23)36(27-14-8-11-24(21-27)34-29-16-3-5-18-32-29)28-15-9-12-25(22-28)35-30-17-4-6-19-33-30;1-2-3-4-8(5,6)7/h7-15,20-22,29-30H,3-6,16-19H2,1-2H3;2-4H2,1H3,(H,5,6,7)/q+1;/p-1. The predicted octanol–water partition coefficient (Wildman–Crippen LogP) is 6.99. The summed E-state index contributed by atoms with van der Waals surface area (Å²) >= 11 is 0. The second-order valence-electron chi connectivity index (χ2n) is 11.1. The maximum Gasteiger partial charge on any atom is 0.199 e. The Morgan fingerprint density at radius 3 is 1.70 bits per heavy atom. The van der Waals surface area contributed by atoms with E-state index in [-0.39, 0.29) is 29.2 Å². The molecule has 2 heterocycles. The molecule has 2 atom stereocenters. The summed E-state index contributed by atoms with van der Waals surface area (Å²) in [5.41, 5.74) is 1.18. The summed E-state index contributed by atoms with van der Waals surface area (Å²) in [6.45, 7) is 3.37. The Kier molecular flexibility index (Phi) is 13.2. The molecule has 5 rings (SSSR count). The SMILES string of the molecule is CCCCS(=O)(=O)[O-].CN(C)c1cccc([S+](c2cccc(OC3CCCCO3)c2)c2cccc(OC3CCCCO3)c2)c1. The number of ether oxygens (including phenoxy) is 4. The Labute approximate surface area is 265 Å². The molecule has 0 aliphatic carbocycles. The van der Waals surface area contributed by atoms with Gasteiger partial charge in [0.25, 0.3) is 0 Å². The van der Waals surface area contributed by atoms with Crippen molar-refractivity contribution in [2.75, 3.05) is 38.0 Å². The van der Waals surface area contributed by atoms with E-state index in [0.717, 1.165) is 69.7 Å². The van der Waals surface area contributed by atoms with Crippen LogP contribution in [-0.4, -0.2) is 58.6 Å². The zero-order valence-electron chi connectivity index (χ0n) is 26.0. The summed E-state index contributed by atoms with van der Waals surface area (Å²) in [7, 11) is -0.124. The number of nitrogens with zero attached hydrogens (tertiary/aromatic N) is 1. The second kappa shape index (κ2) is 17.1. The maximum atomic E-state index is 9.83. The smallest absolute Gasteiger partial charge is 0.199 e. The van der Waals surface area contributed by atoms with Crippen molar-refractivity contribution in [2.45, 2.75) is 85.6 Å². The molecular weight excluding hydrogens is 599 g/mol. The van der Waals surface area contributed by atoms with Gasteiger partial charge in [-0.05, 0) is 68.5 Å². The number of unbranched alkanes of at least 4 members (excludes halogenated alkanes) is 1. The minimum atomic E-state index is -3.94. The maximum absolute atomic E-state index is 9.83. The highest BCUT2D eigenvalue weighted by molar-refractivity contribution is 7.97. The van der Waals surface area contributed by atoms with Crippen molar-refractivity contribution in [3.05, 3.63) is 72.8 Å². The van der Waals surface area contributed by atoms with Gasteiger partial charge in [-0.25, -0.2) is 8.42 Å². The Bertz CT molecular complexity index is 1340. The van der Waals surface area contributed by atoms with Gasteiger partial charge >= 0.3 is 0 Å². The van der Waals surface area contributed by atoms with Crippen molar-refractivity contribution in [2.24, 2.45) is 0 Å². The molecule has 0 saturated carbocycles. The molecule has 2 aliphatic rings. The van der Waals surface area contributed by atoms with E-state index in [0.29, 0.717) is 6.42 Å². The quantitative estimate of drug-likeness (QED) is 0.163. The fourth-order valence-electron chi connectivity index (χ4n) is 4.88. The molecule has 0 bridgehead atoms. The van der Waals surface area contributed by atoms with Crippen LogP contribution < -0.4 is 14.4 Å². The van der Waals surface area contributed by atoms with Crippen LogP contribution in [0.4, 0.5) is 5.69 Å². The zero-order chi connectivity index (χ0) is 31.4. The summed E-state index contributed by atoms with van der Waals surface area (Å²) in [5.74, 6) is 1.48. The van der Waals surface area contributed by atoms with Crippen molar-refractivity contribution in [3.8, 4) is 11.5 Å². The highest BCUT2D eigenvalue weighted by atomic mass is 32.2. The average molecular weight is 644 g/mol. The Hall–Kier alpha value is -2.76. The van der Waals surface area contributed by atoms with Gasteiger partial charge in [-0.3, -0.25) is 0 Å². The fourth-order valence-corrected chi connectivity index (χ4v) is 7.69. The van der Waals surface area contributed by atoms with Crippen LogP contribution in [-0.2, 0) is 30.5 Å². The van der Waals surface area contributed by atoms with Crippen LogP contribution >= 0.6 is 0 Å². The monoisotopic (exact) mass is 643 g/mol. The third-order valence-electron chi connectivity index (χ3n) is 7.21. The number of anilines is 1. The third-order valence-corrected chi connectivity index (χ3v) is 10.2. The Morgan fingerprint density at radius 1 is 0.795 bits per heavy atom. The van der Waals surface area contributed by atoms with Crippen molar-refractivity contribution in [1.82, 2.24) is 0 Å². The first-order chi connectivity index (χ1) is 21.2. The van der Waals surface area contributed by atoms with E-state index in [2.05, 4.69) is 79.7 Å². The number of hydrogen-bond donors (Lipinski definition) is 0. The minimum Gasteiger partial charge on any atom is -0.748 e. The van der Waals surface area contributed by atoms with Crippen LogP contribution in [0, 0.1) is 0 Å². The van der Waals surface area contributed by atoms with Gasteiger partial charge in [0, 0.05) is 56.6 Å². The largest absolute Gasteiger partial charge is 0.748 e. The van der Waals surface area contributed by atoms with E-state index < -0.39 is 10.1 Å². The van der Waals surface area contributed by atoms with Gasteiger partial charge in [-0.2, -0.15) is 0 Å². The van der Waals surface area contributed by atoms with Crippen LogP contribution in [0.2, 0.25) is 0 Å². The Morgan fingerprint density at radius 2 is 1.30 bits per heavy atom. The lowest BCUT2D eigenvalue weighted by molar-refractivity contribution is -0.106. The van der Waals surface area contributed by atoms with E-state index in [1.807, 2.05) is 19.1 Å². The van der Waals surface area contributed by atoms with E-state index in [4.69, 9.17) is 18.9 Å². The molecule has 2 aliphatic heterocycles. The molecule has 10 heteroatoms. The first kappa shape index (κ1) is 34.1. The summed E-state index contributed by atoms with van der Waals surface area (Å²) in [6.07, 6.45) is 7.26.